The zero-order valence-electron chi connectivity index (χ0n) is 17.1. The number of nitrogens with zero attached hydrogens (tertiary/aromatic N) is 2. The molecular weight excluding hydrogens is 449 g/mol. The van der Waals surface area contributed by atoms with Gasteiger partial charge in [-0.1, -0.05) is 23.7 Å². The van der Waals surface area contributed by atoms with E-state index in [1.54, 1.807) is 24.3 Å². The second-order valence-corrected chi connectivity index (χ2v) is 7.29. The molecule has 0 aliphatic rings. The fourth-order valence-corrected chi connectivity index (χ4v) is 3.16. The van der Waals surface area contributed by atoms with E-state index in [4.69, 9.17) is 21.1 Å². The number of halogens is 4. The quantitative estimate of drug-likeness (QED) is 0.469. The van der Waals surface area contributed by atoms with E-state index in [-0.39, 0.29) is 34.0 Å². The summed E-state index contributed by atoms with van der Waals surface area (Å²) in [6.45, 7) is -0.342. The number of hydrogen-bond acceptors (Lipinski definition) is 5. The first kappa shape index (κ1) is 23.3. The molecule has 3 rings (SSSR count). The lowest BCUT2D eigenvalue weighted by Gasteiger charge is -2.16. The van der Waals surface area contributed by atoms with Crippen molar-refractivity contribution in [2.45, 2.75) is 19.6 Å². The fourth-order valence-electron chi connectivity index (χ4n) is 2.99. The zero-order chi connectivity index (χ0) is 23.5. The number of carbonyl (C=O) groups is 1. The van der Waals surface area contributed by atoms with Crippen molar-refractivity contribution in [2.24, 2.45) is 0 Å². The number of ether oxygens (including phenoxy) is 2. The van der Waals surface area contributed by atoms with Gasteiger partial charge in [0.25, 0.3) is 5.56 Å². The number of hydrogen-bond donors (Lipinski definition) is 0. The minimum Gasteiger partial charge on any atom is -0.497 e. The van der Waals surface area contributed by atoms with Gasteiger partial charge >= 0.3 is 6.18 Å². The van der Waals surface area contributed by atoms with Crippen molar-refractivity contribution >= 4 is 17.4 Å². The van der Waals surface area contributed by atoms with Crippen LogP contribution in [0.2, 0.25) is 5.02 Å². The molecule has 0 unspecified atom stereocenters. The van der Waals surface area contributed by atoms with E-state index in [1.807, 2.05) is 0 Å². The van der Waals surface area contributed by atoms with Crippen molar-refractivity contribution in [3.63, 3.8) is 0 Å². The number of carbonyl (C=O) groups excluding carboxylic acids is 1. The van der Waals surface area contributed by atoms with Crippen LogP contribution in [0.1, 0.15) is 22.8 Å². The topological polar surface area (TPSA) is 70.4 Å². The Labute approximate surface area is 186 Å². The van der Waals surface area contributed by atoms with Gasteiger partial charge in [-0.2, -0.15) is 13.2 Å². The summed E-state index contributed by atoms with van der Waals surface area (Å²) in [4.78, 5) is 24.8. The summed E-state index contributed by atoms with van der Waals surface area (Å²) in [5.74, 6) is -0.197. The van der Waals surface area contributed by atoms with Crippen LogP contribution in [0.3, 0.4) is 0 Å². The van der Waals surface area contributed by atoms with Crippen LogP contribution in [-0.4, -0.2) is 35.5 Å². The first-order valence-electron chi connectivity index (χ1n) is 9.33. The molecule has 0 spiro atoms. The number of methoxy groups -OCH3 is 1. The van der Waals surface area contributed by atoms with E-state index in [0.29, 0.717) is 11.3 Å². The fraction of sp³-hybridized carbons (Fsp3) is 0.227. The smallest absolute Gasteiger partial charge is 0.422 e. The molecule has 0 saturated carbocycles. The number of aromatic nitrogens is 2. The van der Waals surface area contributed by atoms with E-state index in [1.165, 1.54) is 32.2 Å². The van der Waals surface area contributed by atoms with Crippen molar-refractivity contribution < 1.29 is 27.4 Å². The molecule has 0 aliphatic heterocycles. The molecular formula is C22H18ClF3N2O4. The van der Waals surface area contributed by atoms with E-state index in [9.17, 15) is 22.8 Å². The average Bonchev–Trinajstić information content (AvgIpc) is 2.73. The Bertz CT molecular complexity index is 1190. The average molecular weight is 467 g/mol. The van der Waals surface area contributed by atoms with Gasteiger partial charge in [-0.15, -0.1) is 5.10 Å². The van der Waals surface area contributed by atoms with Crippen LogP contribution in [-0.2, 0) is 6.54 Å². The molecule has 0 radical (unpaired) electrons. The Morgan fingerprint density at radius 3 is 2.38 bits per heavy atom. The van der Waals surface area contributed by atoms with Crippen molar-refractivity contribution in [3.8, 4) is 22.8 Å². The van der Waals surface area contributed by atoms with Crippen LogP contribution in [0.25, 0.3) is 11.1 Å². The summed E-state index contributed by atoms with van der Waals surface area (Å²) >= 11 is 6.03. The number of benzene rings is 2. The third-order valence-corrected chi connectivity index (χ3v) is 4.71. The van der Waals surface area contributed by atoms with Crippen LogP contribution in [0.15, 0.2) is 53.3 Å². The molecule has 0 amide bonds. The first-order valence-corrected chi connectivity index (χ1v) is 9.70. The monoisotopic (exact) mass is 466 g/mol. The summed E-state index contributed by atoms with van der Waals surface area (Å²) in [5, 5.41) is 4.25. The highest BCUT2D eigenvalue weighted by Gasteiger charge is 2.30. The summed E-state index contributed by atoms with van der Waals surface area (Å²) in [5.41, 5.74) is 0.341. The summed E-state index contributed by atoms with van der Waals surface area (Å²) in [6, 6.07) is 12.1. The first-order chi connectivity index (χ1) is 15.1. The van der Waals surface area contributed by atoms with Gasteiger partial charge < -0.3 is 9.47 Å². The second kappa shape index (κ2) is 9.44. The molecule has 2 aromatic carbocycles. The van der Waals surface area contributed by atoms with Crippen molar-refractivity contribution in [1.29, 1.82) is 0 Å². The lowest BCUT2D eigenvalue weighted by atomic mass is 9.98. The SMILES string of the molecule is COc1ccc(Cn2nc(OCC(F)(F)F)c(-c3cc(Cl)ccc3C(C)=O)cc2=O)cc1. The normalized spacial score (nSPS) is 11.3. The van der Waals surface area contributed by atoms with Gasteiger partial charge in [-0.05, 0) is 48.4 Å². The Hall–Kier alpha value is -3.33. The summed E-state index contributed by atoms with van der Waals surface area (Å²) in [6.07, 6.45) is -4.63. The number of Topliss-reactive ketones (excluding diaryl/α,β-unsaturated/α-hetero) is 1. The lowest BCUT2D eigenvalue weighted by molar-refractivity contribution is -0.154. The molecule has 0 saturated heterocycles. The van der Waals surface area contributed by atoms with Gasteiger partial charge in [-0.3, -0.25) is 9.59 Å². The molecule has 0 atom stereocenters. The molecule has 0 fully saturated rings. The molecule has 168 valence electrons. The predicted octanol–water partition coefficient (Wildman–Crippen LogP) is 4.76. The molecule has 3 aromatic rings. The third kappa shape index (κ3) is 5.67. The van der Waals surface area contributed by atoms with Crippen molar-refractivity contribution in [1.82, 2.24) is 9.78 Å². The van der Waals surface area contributed by atoms with Crippen LogP contribution < -0.4 is 15.0 Å². The summed E-state index contributed by atoms with van der Waals surface area (Å²) < 4.78 is 49.5. The van der Waals surface area contributed by atoms with Crippen molar-refractivity contribution in [2.75, 3.05) is 13.7 Å². The molecule has 0 aliphatic carbocycles. The van der Waals surface area contributed by atoms with Crippen molar-refractivity contribution in [3.05, 3.63) is 75.0 Å². The molecule has 0 bridgehead atoms. The largest absolute Gasteiger partial charge is 0.497 e. The Balaban J connectivity index is 2.11. The lowest BCUT2D eigenvalue weighted by Crippen LogP contribution is -2.26. The van der Waals surface area contributed by atoms with Gasteiger partial charge in [0.15, 0.2) is 12.4 Å². The van der Waals surface area contributed by atoms with Crippen LogP contribution >= 0.6 is 11.6 Å². The second-order valence-electron chi connectivity index (χ2n) is 6.86. The highest BCUT2D eigenvalue weighted by atomic mass is 35.5. The van der Waals surface area contributed by atoms with Crippen LogP contribution in [0.4, 0.5) is 13.2 Å². The van der Waals surface area contributed by atoms with Gasteiger partial charge in [0.1, 0.15) is 5.75 Å². The standard InChI is InChI=1S/C22H18ClF3N2O4/c1-13(29)17-8-5-15(23)9-18(17)19-10-20(30)28(27-21(19)32-12-22(24,25)26)11-14-3-6-16(31-2)7-4-14/h3-10H,11-12H2,1-2H3. The van der Waals surface area contributed by atoms with Gasteiger partial charge in [-0.25, -0.2) is 4.68 Å². The minimum absolute atomic E-state index is 0.0133. The molecule has 6 nitrogen and oxygen atoms in total. The maximum atomic E-state index is 12.8. The van der Waals surface area contributed by atoms with Gasteiger partial charge in [0.05, 0.1) is 19.2 Å². The highest BCUT2D eigenvalue weighted by molar-refractivity contribution is 6.31. The number of rotatable bonds is 7. The molecule has 0 N–H and O–H groups in total. The van der Waals surface area contributed by atoms with Crippen LogP contribution in [0, 0.1) is 0 Å². The Morgan fingerprint density at radius 1 is 1.09 bits per heavy atom. The van der Waals surface area contributed by atoms with E-state index in [0.717, 1.165) is 10.7 Å². The van der Waals surface area contributed by atoms with Gasteiger partial charge in [0.2, 0.25) is 5.88 Å². The Morgan fingerprint density at radius 2 is 1.78 bits per heavy atom. The number of ketones is 1. The highest BCUT2D eigenvalue weighted by Crippen LogP contribution is 2.33. The predicted molar refractivity (Wildman–Crippen MR) is 113 cm³/mol. The minimum atomic E-state index is -4.63. The van der Waals surface area contributed by atoms with E-state index < -0.39 is 24.2 Å². The maximum Gasteiger partial charge on any atom is 0.422 e. The Kier molecular flexibility index (Phi) is 6.88. The van der Waals surface area contributed by atoms with Gasteiger partial charge in [0, 0.05) is 16.7 Å². The zero-order valence-corrected chi connectivity index (χ0v) is 17.8. The number of alkyl halides is 3. The van der Waals surface area contributed by atoms with E-state index in [2.05, 4.69) is 5.10 Å². The van der Waals surface area contributed by atoms with E-state index >= 15 is 0 Å². The molecule has 1 heterocycles. The van der Waals surface area contributed by atoms with Crippen LogP contribution in [0.5, 0.6) is 11.6 Å². The maximum absolute atomic E-state index is 12.8. The third-order valence-electron chi connectivity index (χ3n) is 4.48. The molecule has 10 heteroatoms. The molecule has 32 heavy (non-hydrogen) atoms. The summed E-state index contributed by atoms with van der Waals surface area (Å²) in [7, 11) is 1.51. The molecule has 1 aromatic heterocycles.